The number of methoxy groups -OCH3 is 1. The predicted molar refractivity (Wildman–Crippen MR) is 121 cm³/mol. The number of amides is 1. The van der Waals surface area contributed by atoms with Gasteiger partial charge in [0, 0.05) is 30.5 Å². The van der Waals surface area contributed by atoms with Crippen molar-refractivity contribution in [2.45, 2.75) is 20.1 Å². The summed E-state index contributed by atoms with van der Waals surface area (Å²) < 4.78 is 18.0. The van der Waals surface area contributed by atoms with Gasteiger partial charge in [-0.3, -0.25) is 4.79 Å². The molecule has 11 heteroatoms. The van der Waals surface area contributed by atoms with Crippen LogP contribution in [0.2, 0.25) is 0 Å². The molecule has 0 aliphatic rings. The average Bonchev–Trinajstić information content (AvgIpc) is 3.50. The van der Waals surface area contributed by atoms with Crippen molar-refractivity contribution in [2.75, 3.05) is 13.7 Å². The third-order valence-electron chi connectivity index (χ3n) is 5.04. The van der Waals surface area contributed by atoms with Gasteiger partial charge in [-0.05, 0) is 25.1 Å². The van der Waals surface area contributed by atoms with Crippen LogP contribution in [0.1, 0.15) is 28.9 Å². The summed E-state index contributed by atoms with van der Waals surface area (Å²) in [5.74, 6) is 1.11. The highest BCUT2D eigenvalue weighted by molar-refractivity contribution is 5.97. The van der Waals surface area contributed by atoms with E-state index < -0.39 is 0 Å². The van der Waals surface area contributed by atoms with Crippen molar-refractivity contribution in [3.8, 4) is 17.4 Å². The summed E-state index contributed by atoms with van der Waals surface area (Å²) >= 11 is 0. The molecule has 4 heterocycles. The van der Waals surface area contributed by atoms with E-state index in [-0.39, 0.29) is 19.1 Å². The minimum absolute atomic E-state index is 0.120. The smallest absolute Gasteiger partial charge is 0.269 e. The fourth-order valence-corrected chi connectivity index (χ4v) is 3.53. The maximum absolute atomic E-state index is 12.1. The van der Waals surface area contributed by atoms with Crippen molar-refractivity contribution in [1.82, 2.24) is 35.3 Å². The molecule has 0 radical (unpaired) electrons. The number of nitrogens with zero attached hydrogens (tertiary/aromatic N) is 6. The van der Waals surface area contributed by atoms with Crippen LogP contribution in [0.4, 0.5) is 0 Å². The molecule has 1 N–H and O–H groups in total. The summed E-state index contributed by atoms with van der Waals surface area (Å²) in [6.45, 7) is 2.79. The minimum Gasteiger partial charge on any atom is -0.470 e. The second-order valence-corrected chi connectivity index (χ2v) is 7.38. The first-order valence-electron chi connectivity index (χ1n) is 10.6. The van der Waals surface area contributed by atoms with Crippen LogP contribution < -0.4 is 10.1 Å². The number of aromatic nitrogens is 6. The number of benzene rings is 1. The molecule has 0 unspecified atom stereocenters. The van der Waals surface area contributed by atoms with Crippen LogP contribution in [-0.4, -0.2) is 49.5 Å². The highest BCUT2D eigenvalue weighted by Gasteiger charge is 2.19. The molecular weight excluding hydrogens is 438 g/mol. The van der Waals surface area contributed by atoms with Gasteiger partial charge in [0.05, 0.1) is 5.69 Å². The number of carbonyl (C=O) groups excluding carboxylic acids is 1. The van der Waals surface area contributed by atoms with Gasteiger partial charge in [-0.2, -0.15) is 4.52 Å². The Balaban J connectivity index is 1.51. The summed E-state index contributed by atoms with van der Waals surface area (Å²) in [7, 11) is 1.58. The maximum Gasteiger partial charge on any atom is 0.269 e. The average molecular weight is 459 g/mol. The lowest BCUT2D eigenvalue weighted by atomic mass is 10.2. The molecule has 172 valence electrons. The lowest BCUT2D eigenvalue weighted by molar-refractivity contribution is 0.0950. The fourth-order valence-electron chi connectivity index (χ4n) is 3.53. The van der Waals surface area contributed by atoms with Crippen molar-refractivity contribution in [2.24, 2.45) is 0 Å². The highest BCUT2D eigenvalue weighted by Crippen LogP contribution is 2.29. The Labute approximate surface area is 193 Å². The van der Waals surface area contributed by atoms with E-state index in [4.69, 9.17) is 14.0 Å². The molecule has 5 aromatic rings. The van der Waals surface area contributed by atoms with E-state index in [0.29, 0.717) is 46.7 Å². The Morgan fingerprint density at radius 2 is 1.94 bits per heavy atom. The molecule has 1 amide bonds. The van der Waals surface area contributed by atoms with E-state index >= 15 is 0 Å². The summed E-state index contributed by atoms with van der Waals surface area (Å²) in [4.78, 5) is 16.5. The van der Waals surface area contributed by atoms with Crippen LogP contribution in [0.5, 0.6) is 5.88 Å². The second kappa shape index (κ2) is 9.24. The topological polar surface area (TPSA) is 130 Å². The van der Waals surface area contributed by atoms with Crippen molar-refractivity contribution >= 4 is 22.3 Å². The molecule has 1 aromatic carbocycles. The molecule has 0 aliphatic heterocycles. The lowest BCUT2D eigenvalue weighted by Gasteiger charge is -2.10. The van der Waals surface area contributed by atoms with Gasteiger partial charge in [-0.1, -0.05) is 29.4 Å². The fraction of sp³-hybridized carbons (Fsp3) is 0.217. The van der Waals surface area contributed by atoms with Crippen molar-refractivity contribution in [1.29, 1.82) is 0 Å². The Hall–Kier alpha value is -4.38. The molecule has 0 saturated carbocycles. The van der Waals surface area contributed by atoms with Crippen molar-refractivity contribution in [3.05, 3.63) is 65.7 Å². The molecule has 0 spiro atoms. The van der Waals surface area contributed by atoms with Gasteiger partial charge < -0.3 is 19.3 Å². The Kier molecular flexibility index (Phi) is 5.83. The van der Waals surface area contributed by atoms with Gasteiger partial charge in [0.2, 0.25) is 11.7 Å². The Morgan fingerprint density at radius 1 is 1.09 bits per heavy atom. The molecule has 0 fully saturated rings. The van der Waals surface area contributed by atoms with Crippen molar-refractivity contribution < 1.29 is 18.8 Å². The van der Waals surface area contributed by atoms with Crippen LogP contribution >= 0.6 is 0 Å². The summed E-state index contributed by atoms with van der Waals surface area (Å²) in [6, 6.07) is 14.6. The zero-order chi connectivity index (χ0) is 23.5. The number of ether oxygens (including phenoxy) is 2. The van der Waals surface area contributed by atoms with Crippen LogP contribution in [0.15, 0.2) is 53.1 Å². The number of hydrogen-bond acceptors (Lipinski definition) is 9. The third-order valence-corrected chi connectivity index (χ3v) is 5.04. The third kappa shape index (κ3) is 4.04. The maximum atomic E-state index is 12.1. The lowest BCUT2D eigenvalue weighted by Crippen LogP contribution is -2.24. The molecule has 11 nitrogen and oxygen atoms in total. The number of nitrogens with one attached hydrogen (secondary N) is 1. The van der Waals surface area contributed by atoms with E-state index in [2.05, 4.69) is 30.8 Å². The van der Waals surface area contributed by atoms with Crippen LogP contribution in [-0.2, 0) is 18.0 Å². The monoisotopic (exact) mass is 459 g/mol. The van der Waals surface area contributed by atoms with Crippen LogP contribution in [0, 0.1) is 0 Å². The van der Waals surface area contributed by atoms with Crippen molar-refractivity contribution in [3.63, 3.8) is 0 Å². The predicted octanol–water partition coefficient (Wildman–Crippen LogP) is 2.80. The number of fused-ring (bicyclic) bond motifs is 3. The van der Waals surface area contributed by atoms with E-state index in [1.54, 1.807) is 35.9 Å². The first-order chi connectivity index (χ1) is 16.7. The van der Waals surface area contributed by atoms with Gasteiger partial charge in [-0.25, -0.2) is 4.98 Å². The summed E-state index contributed by atoms with van der Waals surface area (Å²) in [5.41, 5.74) is 1.96. The Morgan fingerprint density at radius 3 is 2.76 bits per heavy atom. The number of hydrogen-bond donors (Lipinski definition) is 1. The number of rotatable bonds is 8. The van der Waals surface area contributed by atoms with Gasteiger partial charge in [0.15, 0.2) is 17.1 Å². The second-order valence-electron chi connectivity index (χ2n) is 7.38. The van der Waals surface area contributed by atoms with Crippen LogP contribution in [0.3, 0.4) is 0 Å². The van der Waals surface area contributed by atoms with Gasteiger partial charge in [0.25, 0.3) is 5.91 Å². The molecule has 5 rings (SSSR count). The number of carbonyl (C=O) groups is 1. The van der Waals surface area contributed by atoms with E-state index in [1.165, 1.54) is 0 Å². The van der Waals surface area contributed by atoms with Gasteiger partial charge in [-0.15, -0.1) is 15.3 Å². The molecule has 0 atom stereocenters. The molecule has 4 aromatic heterocycles. The SMILES string of the molecule is CCNC(=O)c1cccc(COc2nn3c(-c4cc(COC)on4)nnc3c3ccccc23)n1. The summed E-state index contributed by atoms with van der Waals surface area (Å²) in [6.07, 6.45) is 0. The molecule has 34 heavy (non-hydrogen) atoms. The Bertz CT molecular complexity index is 1480. The quantitative estimate of drug-likeness (QED) is 0.372. The standard InChI is InChI=1S/C23H21N7O4/c1-3-24-22(31)18-10-6-7-14(25-18)12-33-23-17-9-5-4-8-16(17)20-26-27-21(30(20)28-23)19-11-15(13-32-2)34-29-19/h4-11H,3,12-13H2,1-2H3,(H,24,31). The van der Waals surface area contributed by atoms with Crippen LogP contribution in [0.25, 0.3) is 27.9 Å². The van der Waals surface area contributed by atoms with Gasteiger partial charge >= 0.3 is 0 Å². The first-order valence-corrected chi connectivity index (χ1v) is 10.6. The molecule has 0 bridgehead atoms. The highest BCUT2D eigenvalue weighted by atomic mass is 16.5. The number of pyridine rings is 1. The zero-order valence-electron chi connectivity index (χ0n) is 18.6. The minimum atomic E-state index is -0.232. The zero-order valence-corrected chi connectivity index (χ0v) is 18.6. The van der Waals surface area contributed by atoms with Gasteiger partial charge in [0.1, 0.15) is 18.9 Å². The summed E-state index contributed by atoms with van der Waals surface area (Å²) in [5, 5.41) is 21.6. The molecule has 0 aliphatic carbocycles. The van der Waals surface area contributed by atoms with E-state index in [9.17, 15) is 4.79 Å². The normalized spacial score (nSPS) is 11.2. The van der Waals surface area contributed by atoms with E-state index in [1.807, 2.05) is 31.2 Å². The molecule has 0 saturated heterocycles. The first kappa shape index (κ1) is 21.5. The van der Waals surface area contributed by atoms with E-state index in [0.717, 1.165) is 10.8 Å². The largest absolute Gasteiger partial charge is 0.470 e. The molecular formula is C23H21N7O4.